The summed E-state index contributed by atoms with van der Waals surface area (Å²) in [5.41, 5.74) is 0. The molecule has 6 heteroatoms. The summed E-state index contributed by atoms with van der Waals surface area (Å²) in [6, 6.07) is 0. The van der Waals surface area contributed by atoms with Gasteiger partial charge in [-0.3, -0.25) is 14.4 Å². The van der Waals surface area contributed by atoms with Gasteiger partial charge in [0.2, 0.25) is 0 Å². The SMILES string of the molecule is CC/C=C\C/C=C\C/C=C\C/C=C\C/C=C\CCCCCCCC(=O)OCC(COC(=O)CCCC/C=C\C/C=C\C/C=C\C/C=C\CC)OC(=O)CCCCCCCCCCC/C=C\CCCCCCCCCC. The van der Waals surface area contributed by atoms with Gasteiger partial charge >= 0.3 is 17.9 Å². The first-order chi connectivity index (χ1) is 37.0. The lowest BCUT2D eigenvalue weighted by molar-refractivity contribution is -0.167. The van der Waals surface area contributed by atoms with Crippen molar-refractivity contribution in [1.29, 1.82) is 0 Å². The number of carbonyl (C=O) groups is 3. The number of allylic oxidation sites excluding steroid dienone is 20. The molecule has 0 aromatic carbocycles. The molecule has 0 bridgehead atoms. The van der Waals surface area contributed by atoms with Crippen molar-refractivity contribution in [2.24, 2.45) is 0 Å². The van der Waals surface area contributed by atoms with Crippen LogP contribution in [0, 0.1) is 0 Å². The summed E-state index contributed by atoms with van der Waals surface area (Å²) in [7, 11) is 0. The van der Waals surface area contributed by atoms with Gasteiger partial charge in [0.15, 0.2) is 6.10 Å². The molecule has 0 fully saturated rings. The van der Waals surface area contributed by atoms with Crippen LogP contribution in [0.5, 0.6) is 0 Å². The molecule has 0 aliphatic carbocycles. The molecule has 0 spiro atoms. The van der Waals surface area contributed by atoms with Gasteiger partial charge in [-0.2, -0.15) is 0 Å². The molecule has 0 saturated heterocycles. The van der Waals surface area contributed by atoms with Gasteiger partial charge in [-0.1, -0.05) is 251 Å². The first-order valence-electron chi connectivity index (χ1n) is 31.0. The molecule has 1 atom stereocenters. The average molecular weight is 1040 g/mol. The molecule has 0 aromatic heterocycles. The van der Waals surface area contributed by atoms with E-state index in [0.29, 0.717) is 19.3 Å². The Hall–Kier alpha value is -4.19. The number of ether oxygens (including phenoxy) is 3. The lowest BCUT2D eigenvalue weighted by Crippen LogP contribution is -2.30. The first kappa shape index (κ1) is 70.8. The van der Waals surface area contributed by atoms with Gasteiger partial charge < -0.3 is 14.2 Å². The summed E-state index contributed by atoms with van der Waals surface area (Å²) in [5, 5.41) is 0. The fraction of sp³-hybridized carbons (Fsp3) is 0.667. The molecule has 0 radical (unpaired) electrons. The lowest BCUT2D eigenvalue weighted by atomic mass is 10.1. The molecule has 0 aliphatic rings. The molecule has 0 aromatic rings. The van der Waals surface area contributed by atoms with E-state index < -0.39 is 6.10 Å². The fourth-order valence-electron chi connectivity index (χ4n) is 8.34. The van der Waals surface area contributed by atoms with Crippen molar-refractivity contribution in [2.45, 2.75) is 284 Å². The van der Waals surface area contributed by atoms with Crippen LogP contribution < -0.4 is 0 Å². The van der Waals surface area contributed by atoms with Gasteiger partial charge in [0.25, 0.3) is 0 Å². The van der Waals surface area contributed by atoms with E-state index in [4.69, 9.17) is 14.2 Å². The molecule has 0 rings (SSSR count). The van der Waals surface area contributed by atoms with Crippen molar-refractivity contribution in [2.75, 3.05) is 13.2 Å². The van der Waals surface area contributed by atoms with Gasteiger partial charge in [-0.05, 0) is 128 Å². The minimum absolute atomic E-state index is 0.105. The maximum absolute atomic E-state index is 12.9. The fourth-order valence-corrected chi connectivity index (χ4v) is 8.34. The van der Waals surface area contributed by atoms with E-state index in [1.54, 1.807) is 0 Å². The minimum Gasteiger partial charge on any atom is -0.462 e. The van der Waals surface area contributed by atoms with E-state index in [1.807, 2.05) is 0 Å². The third-order valence-electron chi connectivity index (χ3n) is 12.9. The topological polar surface area (TPSA) is 78.9 Å². The van der Waals surface area contributed by atoms with Crippen molar-refractivity contribution >= 4 is 17.9 Å². The van der Waals surface area contributed by atoms with Crippen LogP contribution >= 0.6 is 0 Å². The van der Waals surface area contributed by atoms with Crippen LogP contribution in [0.2, 0.25) is 0 Å². The van der Waals surface area contributed by atoms with Gasteiger partial charge in [0.05, 0.1) is 0 Å². The highest BCUT2D eigenvalue weighted by Gasteiger charge is 2.19. The molecule has 0 heterocycles. The van der Waals surface area contributed by atoms with Gasteiger partial charge in [-0.15, -0.1) is 0 Å². The molecular formula is C69H114O6. The Morgan fingerprint density at radius 3 is 0.853 bits per heavy atom. The van der Waals surface area contributed by atoms with Crippen LogP contribution in [0.25, 0.3) is 0 Å². The largest absolute Gasteiger partial charge is 0.462 e. The van der Waals surface area contributed by atoms with Crippen LogP contribution in [0.3, 0.4) is 0 Å². The highest BCUT2D eigenvalue weighted by atomic mass is 16.6. The predicted octanol–water partition coefficient (Wildman–Crippen LogP) is 21.2. The molecule has 426 valence electrons. The molecular weight excluding hydrogens is 925 g/mol. The second-order valence-corrected chi connectivity index (χ2v) is 20.2. The summed E-state index contributed by atoms with van der Waals surface area (Å²) in [6.07, 6.45) is 86.3. The number of hydrogen-bond acceptors (Lipinski definition) is 6. The number of carbonyl (C=O) groups excluding carboxylic acids is 3. The molecule has 0 saturated carbocycles. The van der Waals surface area contributed by atoms with Gasteiger partial charge in [0, 0.05) is 19.3 Å². The van der Waals surface area contributed by atoms with Crippen molar-refractivity contribution in [1.82, 2.24) is 0 Å². The minimum atomic E-state index is -0.809. The maximum Gasteiger partial charge on any atom is 0.306 e. The van der Waals surface area contributed by atoms with Crippen LogP contribution in [0.1, 0.15) is 278 Å². The first-order valence-corrected chi connectivity index (χ1v) is 31.0. The van der Waals surface area contributed by atoms with Crippen LogP contribution in [-0.4, -0.2) is 37.2 Å². The maximum atomic E-state index is 12.9. The second kappa shape index (κ2) is 62.4. The normalized spacial score (nSPS) is 12.9. The number of rotatable bonds is 55. The van der Waals surface area contributed by atoms with E-state index in [0.717, 1.165) is 135 Å². The Kier molecular flexibility index (Phi) is 58.9. The predicted molar refractivity (Wildman–Crippen MR) is 325 cm³/mol. The van der Waals surface area contributed by atoms with Crippen molar-refractivity contribution in [3.8, 4) is 0 Å². The van der Waals surface area contributed by atoms with Crippen LogP contribution in [-0.2, 0) is 28.6 Å². The standard InChI is InChI=1S/C69H114O6/c1-4-7-10-13-16-19-22-25-28-30-32-34-36-38-41-44-47-50-53-56-59-62-68(71)74-65-66(64-73-67(70)61-58-55-52-49-46-43-40-27-24-21-18-15-12-9-6-3)75-69(72)63-60-57-54-51-48-45-42-39-37-35-33-31-29-26-23-20-17-14-11-8-5-2/h7,9-10,12,16,18-19,21,25,27-28,31-34,38,40-41,46,49,66H,4-6,8,11,13-15,17,20,22-24,26,29-30,35-37,39,42-45,47-48,50-65H2,1-3H3/b10-7-,12-9-,19-16-,21-18-,28-25-,33-31-,34-32-,40-27-,41-38-,49-46-. The second-order valence-electron chi connectivity index (χ2n) is 20.2. The van der Waals surface area contributed by atoms with Crippen LogP contribution in [0.15, 0.2) is 122 Å². The molecule has 75 heavy (non-hydrogen) atoms. The van der Waals surface area contributed by atoms with E-state index >= 15 is 0 Å². The Balaban J connectivity index is 4.46. The van der Waals surface area contributed by atoms with Crippen molar-refractivity contribution in [3.63, 3.8) is 0 Å². The number of unbranched alkanes of at least 4 members (excludes halogenated alkanes) is 24. The highest BCUT2D eigenvalue weighted by molar-refractivity contribution is 5.71. The summed E-state index contributed by atoms with van der Waals surface area (Å²) in [4.78, 5) is 38.3. The van der Waals surface area contributed by atoms with E-state index in [-0.39, 0.29) is 31.1 Å². The Morgan fingerprint density at radius 1 is 0.280 bits per heavy atom. The molecule has 0 N–H and O–H groups in total. The zero-order valence-electron chi connectivity index (χ0n) is 48.8. The summed E-state index contributed by atoms with van der Waals surface area (Å²) in [5.74, 6) is -0.963. The smallest absolute Gasteiger partial charge is 0.306 e. The van der Waals surface area contributed by atoms with Gasteiger partial charge in [-0.25, -0.2) is 0 Å². The zero-order chi connectivity index (χ0) is 54.3. The Bertz CT molecular complexity index is 1570. The quantitative estimate of drug-likeness (QED) is 0.0261. The van der Waals surface area contributed by atoms with E-state index in [9.17, 15) is 14.4 Å². The number of esters is 3. The lowest BCUT2D eigenvalue weighted by Gasteiger charge is -2.18. The molecule has 0 amide bonds. The van der Waals surface area contributed by atoms with E-state index in [2.05, 4.69) is 142 Å². The highest BCUT2D eigenvalue weighted by Crippen LogP contribution is 2.15. The van der Waals surface area contributed by atoms with Gasteiger partial charge in [0.1, 0.15) is 13.2 Å². The molecule has 1 unspecified atom stereocenters. The molecule has 0 aliphatic heterocycles. The van der Waals surface area contributed by atoms with Crippen LogP contribution in [0.4, 0.5) is 0 Å². The summed E-state index contributed by atoms with van der Waals surface area (Å²) in [6.45, 7) is 6.37. The summed E-state index contributed by atoms with van der Waals surface area (Å²) >= 11 is 0. The molecule has 6 nitrogen and oxygen atoms in total. The monoisotopic (exact) mass is 1040 g/mol. The summed E-state index contributed by atoms with van der Waals surface area (Å²) < 4.78 is 16.9. The third-order valence-corrected chi connectivity index (χ3v) is 12.9. The van der Waals surface area contributed by atoms with E-state index in [1.165, 1.54) is 103 Å². The van der Waals surface area contributed by atoms with Crippen molar-refractivity contribution < 1.29 is 28.6 Å². The van der Waals surface area contributed by atoms with Crippen molar-refractivity contribution in [3.05, 3.63) is 122 Å². The third kappa shape index (κ3) is 60.6. The zero-order valence-corrected chi connectivity index (χ0v) is 48.8. The number of hydrogen-bond donors (Lipinski definition) is 0. The Morgan fingerprint density at radius 2 is 0.520 bits per heavy atom. The Labute approximate surface area is 462 Å². The average Bonchev–Trinajstić information content (AvgIpc) is 3.41.